The molecule has 0 N–H and O–H groups in total. The summed E-state index contributed by atoms with van der Waals surface area (Å²) in [5, 5.41) is 4.30. The molecule has 0 bridgehead atoms. The van der Waals surface area contributed by atoms with Crippen LogP contribution in [0.4, 0.5) is 4.39 Å². The van der Waals surface area contributed by atoms with Crippen LogP contribution >= 0.6 is 0 Å². The van der Waals surface area contributed by atoms with E-state index in [0.29, 0.717) is 23.7 Å². The number of rotatable bonds is 5. The summed E-state index contributed by atoms with van der Waals surface area (Å²) in [6.07, 6.45) is 5.05. The minimum atomic E-state index is -0.419. The van der Waals surface area contributed by atoms with Crippen molar-refractivity contribution in [3.8, 4) is 11.5 Å². The highest BCUT2D eigenvalue weighted by Gasteiger charge is 2.24. The van der Waals surface area contributed by atoms with E-state index in [1.54, 1.807) is 47.1 Å². The monoisotopic (exact) mass is 378 g/mol. The summed E-state index contributed by atoms with van der Waals surface area (Å²) in [5.41, 5.74) is 0.639. The zero-order valence-electron chi connectivity index (χ0n) is 15.5. The SMILES string of the molecule is Cc1ccc(CN(C)C(=O)c2cnn(-c3ccccc3F)c2-n2cccc2)o1. The van der Waals surface area contributed by atoms with E-state index in [-0.39, 0.29) is 11.6 Å². The van der Waals surface area contributed by atoms with E-state index in [9.17, 15) is 9.18 Å². The summed E-state index contributed by atoms with van der Waals surface area (Å²) in [7, 11) is 1.69. The van der Waals surface area contributed by atoms with Gasteiger partial charge in [-0.15, -0.1) is 0 Å². The smallest absolute Gasteiger partial charge is 0.259 e. The third kappa shape index (κ3) is 3.22. The number of amides is 1. The number of carbonyl (C=O) groups excluding carboxylic acids is 1. The topological polar surface area (TPSA) is 56.2 Å². The summed E-state index contributed by atoms with van der Waals surface area (Å²) in [4.78, 5) is 14.7. The standard InChI is InChI=1S/C21H19FN4O2/c1-15-9-10-16(28-15)14-24(2)21(27)17-13-23-26(19-8-4-3-7-18(19)22)20(17)25-11-5-6-12-25/h3-13H,14H2,1-2H3. The second-order valence-corrected chi connectivity index (χ2v) is 6.51. The lowest BCUT2D eigenvalue weighted by Gasteiger charge is -2.17. The zero-order valence-corrected chi connectivity index (χ0v) is 15.5. The van der Waals surface area contributed by atoms with Crippen molar-refractivity contribution in [1.82, 2.24) is 19.2 Å². The normalized spacial score (nSPS) is 11.0. The number of aryl methyl sites for hydroxylation is 1. The van der Waals surface area contributed by atoms with Crippen molar-refractivity contribution in [3.63, 3.8) is 0 Å². The Kier molecular flexibility index (Phi) is 4.57. The van der Waals surface area contributed by atoms with E-state index < -0.39 is 5.82 Å². The Morgan fingerprint density at radius 1 is 1.14 bits per heavy atom. The predicted octanol–water partition coefficient (Wildman–Crippen LogP) is 3.98. The van der Waals surface area contributed by atoms with Crippen molar-refractivity contribution in [2.24, 2.45) is 0 Å². The number of nitrogens with zero attached hydrogens (tertiary/aromatic N) is 4. The van der Waals surface area contributed by atoms with Gasteiger partial charge in [0.1, 0.15) is 28.6 Å². The molecule has 7 heteroatoms. The fraction of sp³-hybridized carbons (Fsp3) is 0.143. The van der Waals surface area contributed by atoms with Gasteiger partial charge in [0.25, 0.3) is 5.91 Å². The first-order chi connectivity index (χ1) is 13.5. The van der Waals surface area contributed by atoms with Gasteiger partial charge in [0.15, 0.2) is 5.82 Å². The Bertz CT molecular complexity index is 1110. The van der Waals surface area contributed by atoms with E-state index in [1.165, 1.54) is 16.9 Å². The van der Waals surface area contributed by atoms with Crippen molar-refractivity contribution in [1.29, 1.82) is 0 Å². The summed E-state index contributed by atoms with van der Waals surface area (Å²) >= 11 is 0. The van der Waals surface area contributed by atoms with Crippen LogP contribution in [0.15, 0.2) is 71.5 Å². The van der Waals surface area contributed by atoms with Gasteiger partial charge in [0.05, 0.1) is 12.7 Å². The van der Waals surface area contributed by atoms with E-state index >= 15 is 0 Å². The minimum absolute atomic E-state index is 0.236. The maximum Gasteiger partial charge on any atom is 0.259 e. The third-order valence-corrected chi connectivity index (χ3v) is 4.44. The number of furan rings is 1. The van der Waals surface area contributed by atoms with E-state index in [0.717, 1.165) is 5.76 Å². The lowest BCUT2D eigenvalue weighted by atomic mass is 10.2. The maximum atomic E-state index is 14.4. The van der Waals surface area contributed by atoms with Crippen LogP contribution in [0.1, 0.15) is 21.9 Å². The first kappa shape index (κ1) is 17.8. The Morgan fingerprint density at radius 3 is 2.57 bits per heavy atom. The van der Waals surface area contributed by atoms with E-state index in [4.69, 9.17) is 4.42 Å². The molecular weight excluding hydrogens is 359 g/mol. The Hall–Kier alpha value is -3.61. The molecule has 0 saturated carbocycles. The average Bonchev–Trinajstić information content (AvgIpc) is 3.41. The van der Waals surface area contributed by atoms with Crippen molar-refractivity contribution in [2.45, 2.75) is 13.5 Å². The molecule has 1 amide bonds. The van der Waals surface area contributed by atoms with Gasteiger partial charge < -0.3 is 13.9 Å². The highest BCUT2D eigenvalue weighted by molar-refractivity contribution is 5.97. The van der Waals surface area contributed by atoms with Crippen LogP contribution < -0.4 is 0 Å². The first-order valence-electron chi connectivity index (χ1n) is 8.81. The number of carbonyl (C=O) groups is 1. The first-order valence-corrected chi connectivity index (χ1v) is 8.81. The van der Waals surface area contributed by atoms with Crippen LogP contribution in [0.3, 0.4) is 0 Å². The highest BCUT2D eigenvalue weighted by atomic mass is 19.1. The van der Waals surface area contributed by atoms with Gasteiger partial charge in [-0.2, -0.15) is 5.10 Å². The molecule has 0 radical (unpaired) electrons. The summed E-state index contributed by atoms with van der Waals surface area (Å²) < 4.78 is 23.1. The molecule has 3 heterocycles. The van der Waals surface area contributed by atoms with Crippen molar-refractivity contribution in [2.75, 3.05) is 7.05 Å². The summed E-state index contributed by atoms with van der Waals surface area (Å²) in [6, 6.07) is 13.7. The van der Waals surface area contributed by atoms with E-state index in [1.807, 2.05) is 31.2 Å². The van der Waals surface area contributed by atoms with Gasteiger partial charge in [0, 0.05) is 19.4 Å². The van der Waals surface area contributed by atoms with Crippen molar-refractivity contribution in [3.05, 3.63) is 90.0 Å². The predicted molar refractivity (Wildman–Crippen MR) is 102 cm³/mol. The molecule has 3 aromatic heterocycles. The summed E-state index contributed by atoms with van der Waals surface area (Å²) in [5.74, 6) is 1.30. The van der Waals surface area contributed by atoms with Gasteiger partial charge in [-0.05, 0) is 43.3 Å². The fourth-order valence-electron chi connectivity index (χ4n) is 3.10. The van der Waals surface area contributed by atoms with E-state index in [2.05, 4.69) is 5.10 Å². The Balaban J connectivity index is 1.75. The van der Waals surface area contributed by atoms with Crippen molar-refractivity contribution < 1.29 is 13.6 Å². The molecule has 6 nitrogen and oxygen atoms in total. The molecule has 0 unspecified atom stereocenters. The van der Waals surface area contributed by atoms with Crippen LogP contribution in [0.5, 0.6) is 0 Å². The number of halogens is 1. The van der Waals surface area contributed by atoms with Crippen LogP contribution in [-0.2, 0) is 6.54 Å². The quantitative estimate of drug-likeness (QED) is 0.528. The molecule has 0 aliphatic rings. The molecule has 142 valence electrons. The molecule has 4 aromatic rings. The van der Waals surface area contributed by atoms with Crippen molar-refractivity contribution >= 4 is 5.91 Å². The Morgan fingerprint density at radius 2 is 1.89 bits per heavy atom. The third-order valence-electron chi connectivity index (χ3n) is 4.44. The fourth-order valence-corrected chi connectivity index (χ4v) is 3.10. The van der Waals surface area contributed by atoms with Crippen LogP contribution in [-0.4, -0.2) is 32.2 Å². The van der Waals surface area contributed by atoms with Gasteiger partial charge >= 0.3 is 0 Å². The van der Waals surface area contributed by atoms with Crippen LogP contribution in [0.2, 0.25) is 0 Å². The minimum Gasteiger partial charge on any atom is -0.464 e. The van der Waals surface area contributed by atoms with Gasteiger partial charge in [-0.1, -0.05) is 12.1 Å². The van der Waals surface area contributed by atoms with Gasteiger partial charge in [-0.25, -0.2) is 9.07 Å². The highest BCUT2D eigenvalue weighted by Crippen LogP contribution is 2.23. The van der Waals surface area contributed by atoms with Gasteiger partial charge in [-0.3, -0.25) is 4.79 Å². The Labute approximate surface area is 161 Å². The lowest BCUT2D eigenvalue weighted by molar-refractivity contribution is 0.0775. The number of hydrogen-bond donors (Lipinski definition) is 0. The van der Waals surface area contributed by atoms with Gasteiger partial charge in [0.2, 0.25) is 0 Å². The molecule has 0 spiro atoms. The molecule has 0 atom stereocenters. The number of para-hydroxylation sites is 1. The number of benzene rings is 1. The molecule has 1 aromatic carbocycles. The largest absolute Gasteiger partial charge is 0.464 e. The lowest BCUT2D eigenvalue weighted by Crippen LogP contribution is -2.27. The molecule has 0 saturated heterocycles. The molecule has 0 aliphatic heterocycles. The average molecular weight is 378 g/mol. The molecule has 0 fully saturated rings. The second-order valence-electron chi connectivity index (χ2n) is 6.51. The molecule has 4 rings (SSSR count). The maximum absolute atomic E-state index is 14.4. The second kappa shape index (κ2) is 7.19. The zero-order chi connectivity index (χ0) is 19.7. The van der Waals surface area contributed by atoms with Crippen LogP contribution in [0, 0.1) is 12.7 Å². The van der Waals surface area contributed by atoms with Crippen LogP contribution in [0.25, 0.3) is 11.5 Å². The molecule has 28 heavy (non-hydrogen) atoms. The number of hydrogen-bond acceptors (Lipinski definition) is 3. The molecule has 0 aliphatic carbocycles. The molecular formula is C21H19FN4O2. The summed E-state index contributed by atoms with van der Waals surface area (Å²) in [6.45, 7) is 2.18. The number of aromatic nitrogens is 3.